The number of carbonyl (C=O) groups is 2. The van der Waals surface area contributed by atoms with Gasteiger partial charge < -0.3 is 10.0 Å². The number of hydrogen-bond donors (Lipinski definition) is 1. The Morgan fingerprint density at radius 3 is 2.10 bits per heavy atom. The maximum Gasteiger partial charge on any atom is 0.310 e. The molecule has 0 unspecified atom stereocenters. The van der Waals surface area contributed by atoms with E-state index in [0.29, 0.717) is 24.3 Å². The summed E-state index contributed by atoms with van der Waals surface area (Å²) < 4.78 is 0. The number of carboxylic acid groups (broad SMARTS) is 1. The van der Waals surface area contributed by atoms with Crippen molar-refractivity contribution < 1.29 is 14.7 Å². The molecule has 0 spiro atoms. The first-order valence-electron chi connectivity index (χ1n) is 7.75. The molecule has 0 aromatic heterocycles. The molecule has 2 aliphatic rings. The summed E-state index contributed by atoms with van der Waals surface area (Å²) in [4.78, 5) is 25.5. The molecule has 2 saturated carbocycles. The molecule has 0 aliphatic heterocycles. The van der Waals surface area contributed by atoms with Crippen molar-refractivity contribution in [3.05, 3.63) is 0 Å². The molecule has 4 heteroatoms. The van der Waals surface area contributed by atoms with Crippen LogP contribution in [0.4, 0.5) is 0 Å². The van der Waals surface area contributed by atoms with Crippen molar-refractivity contribution in [1.82, 2.24) is 4.90 Å². The number of amides is 1. The predicted molar refractivity (Wildman–Crippen MR) is 77.3 cm³/mol. The lowest BCUT2D eigenvalue weighted by Crippen LogP contribution is -2.46. The molecule has 2 aliphatic carbocycles. The largest absolute Gasteiger partial charge is 0.481 e. The van der Waals surface area contributed by atoms with Crippen LogP contribution in [0, 0.1) is 10.8 Å². The van der Waals surface area contributed by atoms with E-state index in [9.17, 15) is 14.7 Å². The van der Waals surface area contributed by atoms with Crippen LogP contribution in [0.5, 0.6) is 0 Å². The number of carbonyl (C=O) groups excluding carboxylic acids is 1. The molecule has 0 bridgehead atoms. The summed E-state index contributed by atoms with van der Waals surface area (Å²) >= 11 is 0. The summed E-state index contributed by atoms with van der Waals surface area (Å²) in [5.41, 5.74) is -0.379. The molecular weight excluding hydrogens is 254 g/mol. The van der Waals surface area contributed by atoms with Gasteiger partial charge in [-0.3, -0.25) is 9.59 Å². The van der Waals surface area contributed by atoms with Gasteiger partial charge in [-0.05, 0) is 43.9 Å². The van der Waals surface area contributed by atoms with Crippen molar-refractivity contribution in [3.8, 4) is 0 Å². The Hall–Kier alpha value is -1.06. The molecule has 0 aromatic carbocycles. The van der Waals surface area contributed by atoms with Crippen molar-refractivity contribution in [1.29, 1.82) is 0 Å². The first kappa shape index (κ1) is 15.3. The summed E-state index contributed by atoms with van der Waals surface area (Å²) in [6, 6.07) is 0.293. The highest BCUT2D eigenvalue weighted by molar-refractivity contribution is 5.85. The number of aliphatic carboxylic acids is 1. The van der Waals surface area contributed by atoms with Crippen LogP contribution in [0.25, 0.3) is 0 Å². The first-order valence-corrected chi connectivity index (χ1v) is 7.75. The van der Waals surface area contributed by atoms with E-state index in [1.54, 1.807) is 0 Å². The highest BCUT2D eigenvalue weighted by Gasteiger charge is 2.46. The van der Waals surface area contributed by atoms with Crippen molar-refractivity contribution in [3.63, 3.8) is 0 Å². The van der Waals surface area contributed by atoms with Crippen LogP contribution in [0.1, 0.15) is 65.2 Å². The molecule has 0 atom stereocenters. The van der Waals surface area contributed by atoms with Gasteiger partial charge in [-0.25, -0.2) is 0 Å². The molecule has 0 heterocycles. The zero-order chi connectivity index (χ0) is 15.0. The molecule has 114 valence electrons. The monoisotopic (exact) mass is 281 g/mol. The quantitative estimate of drug-likeness (QED) is 0.861. The first-order chi connectivity index (χ1) is 9.26. The van der Waals surface area contributed by atoms with Gasteiger partial charge in [-0.1, -0.05) is 20.3 Å². The molecule has 0 aromatic rings. The lowest BCUT2D eigenvalue weighted by atomic mass is 9.66. The summed E-state index contributed by atoms with van der Waals surface area (Å²) in [7, 11) is 1.85. The Labute approximate surface area is 121 Å². The second kappa shape index (κ2) is 5.38. The van der Waals surface area contributed by atoms with E-state index in [1.807, 2.05) is 11.9 Å². The molecular formula is C16H27NO3. The summed E-state index contributed by atoms with van der Waals surface area (Å²) in [6.07, 6.45) is 6.77. The lowest BCUT2D eigenvalue weighted by molar-refractivity contribution is -0.160. The topological polar surface area (TPSA) is 57.6 Å². The summed E-state index contributed by atoms with van der Waals surface area (Å²) in [5, 5.41) is 9.32. The summed E-state index contributed by atoms with van der Waals surface area (Å²) in [5.74, 6) is -0.785. The van der Waals surface area contributed by atoms with Crippen molar-refractivity contribution in [2.45, 2.75) is 71.3 Å². The van der Waals surface area contributed by atoms with Gasteiger partial charge >= 0.3 is 5.97 Å². The third-order valence-corrected chi connectivity index (χ3v) is 5.50. The fourth-order valence-corrected chi connectivity index (χ4v) is 3.46. The van der Waals surface area contributed by atoms with E-state index in [1.165, 1.54) is 0 Å². The van der Waals surface area contributed by atoms with Gasteiger partial charge in [-0.15, -0.1) is 0 Å². The van der Waals surface area contributed by atoms with E-state index < -0.39 is 11.4 Å². The van der Waals surface area contributed by atoms with Gasteiger partial charge in [0.2, 0.25) is 5.91 Å². The predicted octanol–water partition coefficient (Wildman–Crippen LogP) is 3.06. The molecule has 20 heavy (non-hydrogen) atoms. The van der Waals surface area contributed by atoms with Crippen LogP contribution in [0.3, 0.4) is 0 Å². The molecule has 0 saturated heterocycles. The normalized spacial score (nSPS) is 24.8. The van der Waals surface area contributed by atoms with Gasteiger partial charge in [-0.2, -0.15) is 0 Å². The van der Waals surface area contributed by atoms with Crippen LogP contribution in [0.2, 0.25) is 0 Å². The number of nitrogens with zero attached hydrogens (tertiary/aromatic N) is 1. The van der Waals surface area contributed by atoms with Crippen LogP contribution in [-0.4, -0.2) is 35.0 Å². The Morgan fingerprint density at radius 1 is 1.15 bits per heavy atom. The molecule has 2 fully saturated rings. The Morgan fingerprint density at radius 2 is 1.70 bits per heavy atom. The summed E-state index contributed by atoms with van der Waals surface area (Å²) in [6.45, 7) is 4.55. The van der Waals surface area contributed by atoms with E-state index in [4.69, 9.17) is 0 Å². The maximum absolute atomic E-state index is 12.4. The fourth-order valence-electron chi connectivity index (χ4n) is 3.46. The maximum atomic E-state index is 12.4. The Balaban J connectivity index is 1.91. The standard InChI is InChI=1S/C16H27NO3/c1-15(2)9-5-12(6-10-15)17(3)13(18)11-16(14(19)20)7-4-8-16/h12H,4-11H2,1-3H3,(H,19,20). The SMILES string of the molecule is CN(C(=O)CC1(C(=O)O)CCC1)C1CCC(C)(C)CC1. The zero-order valence-electron chi connectivity index (χ0n) is 12.9. The highest BCUT2D eigenvalue weighted by Crippen LogP contribution is 2.45. The molecule has 1 amide bonds. The third-order valence-electron chi connectivity index (χ3n) is 5.50. The minimum absolute atomic E-state index is 0.0109. The molecule has 1 N–H and O–H groups in total. The van der Waals surface area contributed by atoms with Gasteiger partial charge in [0.1, 0.15) is 0 Å². The van der Waals surface area contributed by atoms with Crippen LogP contribution < -0.4 is 0 Å². The Bertz CT molecular complexity index is 389. The van der Waals surface area contributed by atoms with Crippen LogP contribution >= 0.6 is 0 Å². The highest BCUT2D eigenvalue weighted by atomic mass is 16.4. The Kier molecular flexibility index (Phi) is 4.12. The van der Waals surface area contributed by atoms with Gasteiger partial charge in [0.15, 0.2) is 0 Å². The van der Waals surface area contributed by atoms with Crippen molar-refractivity contribution >= 4 is 11.9 Å². The minimum atomic E-state index is -0.796. The number of rotatable bonds is 4. The van der Waals surface area contributed by atoms with Crippen molar-refractivity contribution in [2.24, 2.45) is 10.8 Å². The second-order valence-corrected chi connectivity index (χ2v) is 7.52. The van der Waals surface area contributed by atoms with Gasteiger partial charge in [0.05, 0.1) is 5.41 Å². The zero-order valence-corrected chi connectivity index (χ0v) is 12.9. The van der Waals surface area contributed by atoms with Gasteiger partial charge in [0.25, 0.3) is 0 Å². The van der Waals surface area contributed by atoms with Gasteiger partial charge in [0, 0.05) is 19.5 Å². The third kappa shape index (κ3) is 2.99. The lowest BCUT2D eigenvalue weighted by Gasteiger charge is -2.41. The van der Waals surface area contributed by atoms with E-state index in [-0.39, 0.29) is 12.3 Å². The van der Waals surface area contributed by atoms with E-state index >= 15 is 0 Å². The van der Waals surface area contributed by atoms with E-state index in [0.717, 1.165) is 32.1 Å². The molecule has 0 radical (unpaired) electrons. The van der Waals surface area contributed by atoms with E-state index in [2.05, 4.69) is 13.8 Å². The number of hydrogen-bond acceptors (Lipinski definition) is 2. The number of carboxylic acids is 1. The fraction of sp³-hybridized carbons (Fsp3) is 0.875. The second-order valence-electron chi connectivity index (χ2n) is 7.52. The molecule has 2 rings (SSSR count). The van der Waals surface area contributed by atoms with Crippen molar-refractivity contribution in [2.75, 3.05) is 7.05 Å². The van der Waals surface area contributed by atoms with Crippen LogP contribution in [0.15, 0.2) is 0 Å². The van der Waals surface area contributed by atoms with Crippen LogP contribution in [-0.2, 0) is 9.59 Å². The smallest absolute Gasteiger partial charge is 0.310 e. The average Bonchev–Trinajstić information content (AvgIpc) is 2.32. The minimum Gasteiger partial charge on any atom is -0.481 e. The molecule has 4 nitrogen and oxygen atoms in total. The average molecular weight is 281 g/mol.